The molecule has 5 aromatic rings. The molecule has 5 rings (SSSR count). The number of carbonyl (C=O) groups excluding carboxylic acids is 1. The Morgan fingerprint density at radius 1 is 0.821 bits per heavy atom. The van der Waals surface area contributed by atoms with Crippen LogP contribution in [0.3, 0.4) is 0 Å². The van der Waals surface area contributed by atoms with Gasteiger partial charge < -0.3 is 14.4 Å². The van der Waals surface area contributed by atoms with E-state index >= 15 is 0 Å². The summed E-state index contributed by atoms with van der Waals surface area (Å²) in [5.74, 6) is 0.537. The van der Waals surface area contributed by atoms with E-state index in [1.807, 2.05) is 84.9 Å². The average molecular weight is 522 g/mol. The largest absolute Gasteiger partial charge is 0.493 e. The Bertz CT molecular complexity index is 1570. The van der Waals surface area contributed by atoms with Crippen molar-refractivity contribution in [3.63, 3.8) is 0 Å². The molecule has 0 unspecified atom stereocenters. The van der Waals surface area contributed by atoms with Gasteiger partial charge in [-0.25, -0.2) is 9.07 Å². The van der Waals surface area contributed by atoms with Gasteiger partial charge in [-0.1, -0.05) is 84.9 Å². The third kappa shape index (κ3) is 5.67. The maximum absolute atomic E-state index is 14.8. The fourth-order valence-electron chi connectivity index (χ4n) is 4.46. The number of amides is 1. The number of nitrogens with zero attached hydrogens (tertiary/aromatic N) is 3. The van der Waals surface area contributed by atoms with E-state index in [1.165, 1.54) is 12.1 Å². The number of aryl methyl sites for hydroxylation is 1. The fourth-order valence-corrected chi connectivity index (χ4v) is 4.46. The molecule has 6 nitrogen and oxygen atoms in total. The van der Waals surface area contributed by atoms with Gasteiger partial charge in [0.1, 0.15) is 11.5 Å². The van der Waals surface area contributed by atoms with Gasteiger partial charge in [-0.3, -0.25) is 4.79 Å². The van der Waals surface area contributed by atoms with E-state index in [9.17, 15) is 9.18 Å². The Hall–Kier alpha value is -4.91. The number of para-hydroxylation sites is 2. The molecule has 0 aliphatic rings. The van der Waals surface area contributed by atoms with Crippen molar-refractivity contribution in [3.8, 4) is 28.6 Å². The summed E-state index contributed by atoms with van der Waals surface area (Å²) in [6.07, 6.45) is 0. The van der Waals surface area contributed by atoms with Crippen molar-refractivity contribution in [1.29, 1.82) is 0 Å². The summed E-state index contributed by atoms with van der Waals surface area (Å²) < 4.78 is 28.3. The van der Waals surface area contributed by atoms with Crippen LogP contribution in [0.1, 0.15) is 21.5 Å². The number of hydrogen-bond donors (Lipinski definition) is 0. The predicted octanol–water partition coefficient (Wildman–Crippen LogP) is 6.87. The van der Waals surface area contributed by atoms with E-state index in [2.05, 4.69) is 0 Å². The van der Waals surface area contributed by atoms with Gasteiger partial charge in [-0.2, -0.15) is 5.10 Å². The molecule has 0 saturated carbocycles. The zero-order chi connectivity index (χ0) is 27.2. The lowest BCUT2D eigenvalue weighted by Crippen LogP contribution is -2.31. The molecule has 7 heteroatoms. The summed E-state index contributed by atoms with van der Waals surface area (Å²) in [6, 6.07) is 32.7. The van der Waals surface area contributed by atoms with Crippen molar-refractivity contribution in [3.05, 3.63) is 132 Å². The second kappa shape index (κ2) is 11.6. The molecule has 1 aromatic heterocycles. The lowest BCUT2D eigenvalue weighted by Gasteiger charge is -2.24. The monoisotopic (exact) mass is 521 g/mol. The average Bonchev–Trinajstić information content (AvgIpc) is 3.28. The van der Waals surface area contributed by atoms with Gasteiger partial charge >= 0.3 is 0 Å². The van der Waals surface area contributed by atoms with Crippen LogP contribution in [0.5, 0.6) is 17.4 Å². The first-order chi connectivity index (χ1) is 19.0. The minimum absolute atomic E-state index is 0.00535. The molecule has 0 spiro atoms. The summed E-state index contributed by atoms with van der Waals surface area (Å²) in [6.45, 7) is 0.399. The normalized spacial score (nSPS) is 10.7. The molecular formula is C32H28FN3O3. The zero-order valence-corrected chi connectivity index (χ0v) is 21.8. The molecule has 0 radical (unpaired) electrons. The lowest BCUT2D eigenvalue weighted by atomic mass is 10.1. The Morgan fingerprint density at radius 2 is 1.44 bits per heavy atom. The van der Waals surface area contributed by atoms with Crippen LogP contribution in [0.25, 0.3) is 11.3 Å². The van der Waals surface area contributed by atoms with Crippen LogP contribution in [0.2, 0.25) is 0 Å². The molecule has 0 fully saturated rings. The second-order valence-electron chi connectivity index (χ2n) is 9.00. The summed E-state index contributed by atoms with van der Waals surface area (Å²) in [5, 5.41) is 4.78. The smallest absolute Gasteiger partial charge is 0.257 e. The predicted molar refractivity (Wildman–Crippen MR) is 148 cm³/mol. The van der Waals surface area contributed by atoms with E-state index in [0.717, 1.165) is 11.1 Å². The molecule has 0 atom stereocenters. The minimum atomic E-state index is -0.569. The van der Waals surface area contributed by atoms with Crippen LogP contribution in [0, 0.1) is 5.82 Å². The standard InChI is InChI=1S/C32H28FN3O3/c1-35-32(39-29-20-12-11-19-28(29)38-2)26(30(34-35)24-15-7-4-8-16-24)22-36(21-23-13-5-3-6-14-23)31(37)25-17-9-10-18-27(25)33/h3-20H,21-22H2,1-2H3. The Labute approximate surface area is 226 Å². The molecule has 4 aromatic carbocycles. The second-order valence-corrected chi connectivity index (χ2v) is 9.00. The topological polar surface area (TPSA) is 56.6 Å². The number of hydrogen-bond acceptors (Lipinski definition) is 4. The van der Waals surface area contributed by atoms with Crippen LogP contribution in [-0.4, -0.2) is 27.7 Å². The molecule has 1 heterocycles. The molecule has 0 bridgehead atoms. The Kier molecular flexibility index (Phi) is 7.68. The number of rotatable bonds is 9. The third-order valence-corrected chi connectivity index (χ3v) is 6.37. The van der Waals surface area contributed by atoms with Crippen LogP contribution in [0.4, 0.5) is 4.39 Å². The number of aromatic nitrogens is 2. The quantitative estimate of drug-likeness (QED) is 0.212. The molecule has 0 aliphatic heterocycles. The van der Waals surface area contributed by atoms with Gasteiger partial charge in [0.05, 0.1) is 24.8 Å². The molecule has 39 heavy (non-hydrogen) atoms. The molecule has 1 amide bonds. The highest BCUT2D eigenvalue weighted by atomic mass is 19.1. The zero-order valence-electron chi connectivity index (χ0n) is 21.8. The maximum Gasteiger partial charge on any atom is 0.257 e. The number of benzene rings is 4. The lowest BCUT2D eigenvalue weighted by molar-refractivity contribution is 0.0724. The van der Waals surface area contributed by atoms with Gasteiger partial charge in [0.15, 0.2) is 11.5 Å². The van der Waals surface area contributed by atoms with Crippen LogP contribution < -0.4 is 9.47 Å². The first-order valence-corrected chi connectivity index (χ1v) is 12.5. The Balaban J connectivity index is 1.62. The van der Waals surface area contributed by atoms with Gasteiger partial charge in [-0.15, -0.1) is 0 Å². The van der Waals surface area contributed by atoms with Crippen LogP contribution >= 0.6 is 0 Å². The highest BCUT2D eigenvalue weighted by molar-refractivity contribution is 5.94. The fraction of sp³-hybridized carbons (Fsp3) is 0.125. The maximum atomic E-state index is 14.8. The van der Waals surface area contributed by atoms with E-state index in [1.54, 1.807) is 35.9 Å². The van der Waals surface area contributed by atoms with Crippen molar-refractivity contribution in [1.82, 2.24) is 14.7 Å². The van der Waals surface area contributed by atoms with E-state index in [4.69, 9.17) is 14.6 Å². The number of halogens is 1. The van der Waals surface area contributed by atoms with Crippen molar-refractivity contribution >= 4 is 5.91 Å². The molecule has 0 saturated heterocycles. The van der Waals surface area contributed by atoms with E-state index in [0.29, 0.717) is 28.6 Å². The van der Waals surface area contributed by atoms with Crippen molar-refractivity contribution in [2.45, 2.75) is 13.1 Å². The molecular weight excluding hydrogens is 493 g/mol. The first-order valence-electron chi connectivity index (χ1n) is 12.5. The van der Waals surface area contributed by atoms with Gasteiger partial charge in [0, 0.05) is 19.2 Å². The van der Waals surface area contributed by atoms with Crippen LogP contribution in [-0.2, 0) is 20.1 Å². The summed E-state index contributed by atoms with van der Waals surface area (Å²) >= 11 is 0. The van der Waals surface area contributed by atoms with Gasteiger partial charge in [0.2, 0.25) is 5.88 Å². The van der Waals surface area contributed by atoms with E-state index < -0.39 is 11.7 Å². The highest BCUT2D eigenvalue weighted by Gasteiger charge is 2.27. The number of ether oxygens (including phenoxy) is 2. The molecule has 196 valence electrons. The van der Waals surface area contributed by atoms with E-state index in [-0.39, 0.29) is 18.7 Å². The molecule has 0 aliphatic carbocycles. The summed E-state index contributed by atoms with van der Waals surface area (Å²) in [4.78, 5) is 15.4. The van der Waals surface area contributed by atoms with Gasteiger partial charge in [0.25, 0.3) is 5.91 Å². The third-order valence-electron chi connectivity index (χ3n) is 6.37. The minimum Gasteiger partial charge on any atom is -0.493 e. The highest BCUT2D eigenvalue weighted by Crippen LogP contribution is 2.37. The van der Waals surface area contributed by atoms with Gasteiger partial charge in [-0.05, 0) is 29.8 Å². The van der Waals surface area contributed by atoms with Crippen molar-refractivity contribution < 1.29 is 18.7 Å². The SMILES string of the molecule is COc1ccccc1Oc1c(CN(Cc2ccccc2)C(=O)c2ccccc2F)c(-c2ccccc2)nn1C. The number of methoxy groups -OCH3 is 1. The van der Waals surface area contributed by atoms with Crippen molar-refractivity contribution in [2.75, 3.05) is 7.11 Å². The van der Waals surface area contributed by atoms with Crippen molar-refractivity contribution in [2.24, 2.45) is 7.05 Å². The first kappa shape index (κ1) is 25.7. The summed E-state index contributed by atoms with van der Waals surface area (Å²) in [7, 11) is 3.37. The van der Waals surface area contributed by atoms with Crippen LogP contribution in [0.15, 0.2) is 109 Å². The Morgan fingerprint density at radius 3 is 2.13 bits per heavy atom. The summed E-state index contributed by atoms with van der Waals surface area (Å²) in [5.41, 5.74) is 3.15. The number of carbonyl (C=O) groups is 1. The molecule has 0 N–H and O–H groups in total.